The van der Waals surface area contributed by atoms with Crippen LogP contribution in [0.25, 0.3) is 0 Å². The van der Waals surface area contributed by atoms with Gasteiger partial charge in [0, 0.05) is 11.4 Å². The molecule has 94 valence electrons. The van der Waals surface area contributed by atoms with Gasteiger partial charge in [-0.25, -0.2) is 0 Å². The van der Waals surface area contributed by atoms with Crippen molar-refractivity contribution in [2.75, 3.05) is 12.3 Å². The van der Waals surface area contributed by atoms with E-state index in [9.17, 15) is 9.59 Å². The smallest absolute Gasteiger partial charge is 0.316 e. The van der Waals surface area contributed by atoms with Crippen molar-refractivity contribution in [2.45, 2.75) is 18.6 Å². The largest absolute Gasteiger partial charge is 0.480 e. The van der Waals surface area contributed by atoms with Crippen LogP contribution in [0.5, 0.6) is 0 Å². The van der Waals surface area contributed by atoms with Gasteiger partial charge in [0.05, 0.1) is 11.0 Å². The number of rotatable bonds is 7. The second-order valence-electron chi connectivity index (χ2n) is 3.47. The molecular weight excluding hydrogens is 258 g/mol. The molecule has 1 unspecified atom stereocenters. The summed E-state index contributed by atoms with van der Waals surface area (Å²) in [4.78, 5) is 23.1. The maximum atomic E-state index is 11.4. The highest BCUT2D eigenvalue weighted by Crippen LogP contribution is 2.10. The topological polar surface area (TPSA) is 66.4 Å². The molecule has 2 N–H and O–H groups in total. The van der Waals surface area contributed by atoms with E-state index in [4.69, 9.17) is 5.11 Å². The summed E-state index contributed by atoms with van der Waals surface area (Å²) in [6, 6.07) is 4.00. The van der Waals surface area contributed by atoms with Crippen LogP contribution in [-0.4, -0.2) is 34.5 Å². The molecule has 0 bridgehead atoms. The van der Waals surface area contributed by atoms with Gasteiger partial charge in [-0.05, 0) is 24.8 Å². The first kappa shape index (κ1) is 14.1. The summed E-state index contributed by atoms with van der Waals surface area (Å²) < 4.78 is 0. The number of hydrogen-bond donors (Lipinski definition) is 2. The highest BCUT2D eigenvalue weighted by atomic mass is 32.2. The van der Waals surface area contributed by atoms with E-state index in [1.807, 2.05) is 17.5 Å². The van der Waals surface area contributed by atoms with E-state index in [0.717, 1.165) is 18.2 Å². The number of nitrogens with one attached hydrogen (secondary N) is 1. The average molecular weight is 273 g/mol. The van der Waals surface area contributed by atoms with E-state index >= 15 is 0 Å². The molecule has 0 fully saturated rings. The van der Waals surface area contributed by atoms with Crippen molar-refractivity contribution >= 4 is 35.0 Å². The zero-order valence-corrected chi connectivity index (χ0v) is 11.1. The summed E-state index contributed by atoms with van der Waals surface area (Å²) in [5.41, 5.74) is 0. The van der Waals surface area contributed by atoms with Crippen molar-refractivity contribution < 1.29 is 14.7 Å². The molecule has 0 radical (unpaired) electrons. The van der Waals surface area contributed by atoms with Crippen LogP contribution in [0.3, 0.4) is 0 Å². The van der Waals surface area contributed by atoms with Gasteiger partial charge in [0.2, 0.25) is 5.91 Å². The highest BCUT2D eigenvalue weighted by molar-refractivity contribution is 8.01. The molecule has 17 heavy (non-hydrogen) atoms. The molecule has 1 aromatic heterocycles. The van der Waals surface area contributed by atoms with Gasteiger partial charge in [0.1, 0.15) is 0 Å². The van der Waals surface area contributed by atoms with Gasteiger partial charge < -0.3 is 10.4 Å². The molecule has 0 spiro atoms. The maximum absolute atomic E-state index is 11.4. The third-order valence-electron chi connectivity index (χ3n) is 2.09. The first-order valence-electron chi connectivity index (χ1n) is 5.23. The van der Waals surface area contributed by atoms with Crippen LogP contribution in [0.2, 0.25) is 0 Å². The Hall–Kier alpha value is -1.01. The van der Waals surface area contributed by atoms with Crippen LogP contribution in [0.4, 0.5) is 0 Å². The fourth-order valence-electron chi connectivity index (χ4n) is 1.10. The molecule has 1 amide bonds. The molecule has 0 saturated carbocycles. The van der Waals surface area contributed by atoms with E-state index in [1.165, 1.54) is 4.88 Å². The lowest BCUT2D eigenvalue weighted by Gasteiger charge is -2.06. The Bertz CT molecular complexity index is 365. The number of carboxylic acids is 1. The Morgan fingerprint density at radius 2 is 2.35 bits per heavy atom. The molecule has 1 heterocycles. The van der Waals surface area contributed by atoms with Crippen molar-refractivity contribution in [2.24, 2.45) is 0 Å². The molecule has 1 atom stereocenters. The van der Waals surface area contributed by atoms with Crippen LogP contribution in [0, 0.1) is 0 Å². The predicted molar refractivity (Wildman–Crippen MR) is 70.6 cm³/mol. The monoisotopic (exact) mass is 273 g/mol. The third-order valence-corrected chi connectivity index (χ3v) is 4.15. The van der Waals surface area contributed by atoms with Crippen molar-refractivity contribution in [3.8, 4) is 0 Å². The lowest BCUT2D eigenvalue weighted by Crippen LogP contribution is -2.28. The second-order valence-corrected chi connectivity index (χ2v) is 5.83. The number of carbonyl (C=O) groups excluding carboxylic acids is 1. The molecule has 0 aliphatic heterocycles. The quantitative estimate of drug-likeness (QED) is 0.792. The lowest BCUT2D eigenvalue weighted by molar-refractivity contribution is -0.136. The fourth-order valence-corrected chi connectivity index (χ4v) is 2.46. The second kappa shape index (κ2) is 7.34. The van der Waals surface area contributed by atoms with E-state index in [-0.39, 0.29) is 11.7 Å². The van der Waals surface area contributed by atoms with Crippen molar-refractivity contribution in [3.05, 3.63) is 22.4 Å². The standard InChI is InChI=1S/C11H15NO3S2/c1-8(11(14)15)17-7-10(13)12-5-4-9-3-2-6-16-9/h2-3,6,8H,4-5,7H2,1H3,(H,12,13)(H,14,15). The Kier molecular flexibility index (Phi) is 6.07. The van der Waals surface area contributed by atoms with Gasteiger partial charge in [-0.1, -0.05) is 6.07 Å². The first-order valence-corrected chi connectivity index (χ1v) is 7.16. The van der Waals surface area contributed by atoms with Gasteiger partial charge in [0.25, 0.3) is 0 Å². The van der Waals surface area contributed by atoms with Crippen LogP contribution >= 0.6 is 23.1 Å². The molecule has 1 rings (SSSR count). The normalized spacial score (nSPS) is 12.1. The number of hydrogen-bond acceptors (Lipinski definition) is 4. The Morgan fingerprint density at radius 1 is 1.59 bits per heavy atom. The number of aliphatic carboxylic acids is 1. The summed E-state index contributed by atoms with van der Waals surface area (Å²) in [7, 11) is 0. The molecule has 0 aromatic carbocycles. The first-order chi connectivity index (χ1) is 8.09. The minimum atomic E-state index is -0.888. The number of amides is 1. The fraction of sp³-hybridized carbons (Fsp3) is 0.455. The summed E-state index contributed by atoms with van der Waals surface area (Å²) in [6.07, 6.45) is 0.822. The van der Waals surface area contributed by atoms with Gasteiger partial charge in [-0.3, -0.25) is 9.59 Å². The van der Waals surface area contributed by atoms with Crippen LogP contribution < -0.4 is 5.32 Å². The van der Waals surface area contributed by atoms with E-state index in [1.54, 1.807) is 18.3 Å². The maximum Gasteiger partial charge on any atom is 0.316 e. The van der Waals surface area contributed by atoms with Gasteiger partial charge in [0.15, 0.2) is 0 Å². The third kappa shape index (κ3) is 5.74. The van der Waals surface area contributed by atoms with E-state index in [0.29, 0.717) is 6.54 Å². The molecule has 0 saturated heterocycles. The van der Waals surface area contributed by atoms with E-state index in [2.05, 4.69) is 5.32 Å². The van der Waals surface area contributed by atoms with Crippen molar-refractivity contribution in [1.29, 1.82) is 0 Å². The molecule has 6 heteroatoms. The number of carboxylic acid groups (broad SMARTS) is 1. The summed E-state index contributed by atoms with van der Waals surface area (Å²) in [5.74, 6) is -0.807. The molecule has 4 nitrogen and oxygen atoms in total. The number of carbonyl (C=O) groups is 2. The van der Waals surface area contributed by atoms with Crippen LogP contribution in [0.1, 0.15) is 11.8 Å². The lowest BCUT2D eigenvalue weighted by atomic mass is 10.3. The minimum absolute atomic E-state index is 0.111. The van der Waals surface area contributed by atoms with Crippen molar-refractivity contribution in [3.63, 3.8) is 0 Å². The summed E-state index contributed by atoms with van der Waals surface area (Å²) >= 11 is 2.79. The number of thiophene rings is 1. The van der Waals surface area contributed by atoms with Crippen LogP contribution in [0.15, 0.2) is 17.5 Å². The minimum Gasteiger partial charge on any atom is -0.480 e. The zero-order valence-electron chi connectivity index (χ0n) is 9.51. The van der Waals surface area contributed by atoms with Crippen molar-refractivity contribution in [1.82, 2.24) is 5.32 Å². The highest BCUT2D eigenvalue weighted by Gasteiger charge is 2.13. The SMILES string of the molecule is CC(SCC(=O)NCCc1cccs1)C(=O)O. The Morgan fingerprint density at radius 3 is 2.94 bits per heavy atom. The Labute approximate surface area is 108 Å². The summed E-state index contributed by atoms with van der Waals surface area (Å²) in [6.45, 7) is 2.17. The van der Waals surface area contributed by atoms with Gasteiger partial charge >= 0.3 is 5.97 Å². The summed E-state index contributed by atoms with van der Waals surface area (Å²) in [5, 5.41) is 12.9. The zero-order chi connectivity index (χ0) is 12.7. The molecule has 0 aliphatic rings. The van der Waals surface area contributed by atoms with Gasteiger partial charge in [-0.15, -0.1) is 23.1 Å². The number of thioether (sulfide) groups is 1. The Balaban J connectivity index is 2.11. The molecular formula is C11H15NO3S2. The molecule has 1 aromatic rings. The van der Waals surface area contributed by atoms with Gasteiger partial charge in [-0.2, -0.15) is 0 Å². The average Bonchev–Trinajstić information content (AvgIpc) is 2.78. The predicted octanol–water partition coefficient (Wildman–Crippen LogP) is 1.61. The van der Waals surface area contributed by atoms with E-state index < -0.39 is 11.2 Å². The molecule has 0 aliphatic carbocycles. The van der Waals surface area contributed by atoms with Crippen LogP contribution in [-0.2, 0) is 16.0 Å².